The number of fused-ring (bicyclic) bond motifs is 1. The summed E-state index contributed by atoms with van der Waals surface area (Å²) in [6.07, 6.45) is 3.84. The number of hydrogen-bond acceptors (Lipinski definition) is 7. The van der Waals surface area contributed by atoms with E-state index in [0.29, 0.717) is 17.4 Å². The predicted octanol–water partition coefficient (Wildman–Crippen LogP) is -0.236. The van der Waals surface area contributed by atoms with E-state index in [4.69, 9.17) is 11.5 Å². The average Bonchev–Trinajstić information content (AvgIpc) is 3.03. The van der Waals surface area contributed by atoms with Crippen LogP contribution in [0.1, 0.15) is 12.8 Å². The lowest BCUT2D eigenvalue weighted by Gasteiger charge is -2.47. The van der Waals surface area contributed by atoms with Gasteiger partial charge >= 0.3 is 5.97 Å². The summed E-state index contributed by atoms with van der Waals surface area (Å²) >= 11 is 3.05. The maximum absolute atomic E-state index is 11.9. The molecule has 3 heterocycles. The van der Waals surface area contributed by atoms with Crippen molar-refractivity contribution in [1.82, 2.24) is 9.80 Å². The summed E-state index contributed by atoms with van der Waals surface area (Å²) in [5.41, 5.74) is 11.7. The largest absolute Gasteiger partial charge is 0.477 e. The SMILES string of the molecule is NC(=O)CN1CCC[C@H]1CSC=CC1=C(C(=O)O)N2C(=O)[C@@H](N)[C@H]2SC1. The number of amides is 2. The van der Waals surface area contributed by atoms with Crippen molar-refractivity contribution in [1.29, 1.82) is 0 Å². The third-order valence-electron chi connectivity index (χ3n) is 4.75. The van der Waals surface area contributed by atoms with Crippen LogP contribution < -0.4 is 11.5 Å². The van der Waals surface area contributed by atoms with Crippen molar-refractivity contribution >= 4 is 41.3 Å². The van der Waals surface area contributed by atoms with E-state index in [1.807, 2.05) is 5.41 Å². The van der Waals surface area contributed by atoms with Crippen LogP contribution in [0.25, 0.3) is 0 Å². The molecule has 0 bridgehead atoms. The molecular formula is C16H22N4O4S2. The number of nitrogens with zero attached hydrogens (tertiary/aromatic N) is 2. The van der Waals surface area contributed by atoms with Crippen molar-refractivity contribution in [2.24, 2.45) is 11.5 Å². The molecule has 3 aliphatic heterocycles. The highest BCUT2D eigenvalue weighted by Gasteiger charge is 2.51. The van der Waals surface area contributed by atoms with Crippen LogP contribution in [-0.4, -0.2) is 74.7 Å². The zero-order valence-corrected chi connectivity index (χ0v) is 15.8. The number of carboxylic acids is 1. The first-order valence-electron chi connectivity index (χ1n) is 8.37. The van der Waals surface area contributed by atoms with E-state index < -0.39 is 12.0 Å². The summed E-state index contributed by atoms with van der Waals surface area (Å²) in [7, 11) is 0. The van der Waals surface area contributed by atoms with E-state index in [0.717, 1.165) is 25.1 Å². The Morgan fingerprint density at radius 1 is 1.42 bits per heavy atom. The molecule has 0 aliphatic carbocycles. The van der Waals surface area contributed by atoms with Crippen LogP contribution in [0.15, 0.2) is 22.8 Å². The molecule has 3 aliphatic rings. The molecule has 2 fully saturated rings. The van der Waals surface area contributed by atoms with Gasteiger partial charge < -0.3 is 16.6 Å². The van der Waals surface area contributed by atoms with E-state index in [1.165, 1.54) is 16.7 Å². The van der Waals surface area contributed by atoms with Gasteiger partial charge in [-0.15, -0.1) is 23.5 Å². The number of primary amides is 1. The molecule has 0 aromatic rings. The summed E-state index contributed by atoms with van der Waals surface area (Å²) in [4.78, 5) is 38.0. The summed E-state index contributed by atoms with van der Waals surface area (Å²) in [5.74, 6) is -0.449. The van der Waals surface area contributed by atoms with Crippen LogP contribution in [0.3, 0.4) is 0 Å². The number of aliphatic carboxylic acids is 1. The third-order valence-corrected chi connectivity index (χ3v) is 6.98. The molecule has 3 rings (SSSR count). The summed E-state index contributed by atoms with van der Waals surface area (Å²) in [6.45, 7) is 1.15. The van der Waals surface area contributed by atoms with E-state index in [2.05, 4.69) is 4.90 Å². The number of nitrogens with two attached hydrogens (primary N) is 2. The molecule has 26 heavy (non-hydrogen) atoms. The Bertz CT molecular complexity index is 681. The van der Waals surface area contributed by atoms with Crippen LogP contribution in [0, 0.1) is 0 Å². The van der Waals surface area contributed by atoms with E-state index in [-0.39, 0.29) is 29.4 Å². The molecule has 142 valence electrons. The van der Waals surface area contributed by atoms with E-state index in [9.17, 15) is 19.5 Å². The number of likely N-dealkylation sites (tertiary alicyclic amines) is 1. The molecule has 2 amide bonds. The van der Waals surface area contributed by atoms with Crippen LogP contribution in [-0.2, 0) is 14.4 Å². The van der Waals surface area contributed by atoms with Gasteiger partial charge in [-0.25, -0.2) is 4.79 Å². The minimum Gasteiger partial charge on any atom is -0.477 e. The molecule has 0 unspecified atom stereocenters. The molecule has 0 aromatic carbocycles. The first-order chi connectivity index (χ1) is 12.4. The maximum atomic E-state index is 11.9. The second-order valence-electron chi connectivity index (χ2n) is 6.48. The van der Waals surface area contributed by atoms with E-state index >= 15 is 0 Å². The van der Waals surface area contributed by atoms with Crippen molar-refractivity contribution in [2.75, 3.05) is 24.6 Å². The summed E-state index contributed by atoms with van der Waals surface area (Å²) in [5, 5.41) is 11.1. The number of hydrogen-bond donors (Lipinski definition) is 3. The zero-order chi connectivity index (χ0) is 18.8. The van der Waals surface area contributed by atoms with Crippen molar-refractivity contribution in [3.63, 3.8) is 0 Å². The number of thioether (sulfide) groups is 2. The highest BCUT2D eigenvalue weighted by atomic mass is 32.2. The molecule has 0 aromatic heterocycles. The number of carboxylic acid groups (broad SMARTS) is 1. The van der Waals surface area contributed by atoms with Crippen LogP contribution in [0.2, 0.25) is 0 Å². The highest BCUT2D eigenvalue weighted by Crippen LogP contribution is 2.39. The first-order valence-corrected chi connectivity index (χ1v) is 10.5. The molecule has 8 nitrogen and oxygen atoms in total. The minimum absolute atomic E-state index is 0.0357. The lowest BCUT2D eigenvalue weighted by Crippen LogP contribution is -2.68. The predicted molar refractivity (Wildman–Crippen MR) is 101 cm³/mol. The van der Waals surface area contributed by atoms with Gasteiger partial charge in [0.25, 0.3) is 0 Å². The van der Waals surface area contributed by atoms with Gasteiger partial charge in [0.15, 0.2) is 0 Å². The number of carbonyl (C=O) groups excluding carboxylic acids is 2. The second kappa shape index (κ2) is 8.03. The van der Waals surface area contributed by atoms with Crippen LogP contribution >= 0.6 is 23.5 Å². The Morgan fingerprint density at radius 2 is 2.19 bits per heavy atom. The topological polar surface area (TPSA) is 130 Å². The van der Waals surface area contributed by atoms with Gasteiger partial charge in [0.1, 0.15) is 17.1 Å². The summed E-state index contributed by atoms with van der Waals surface area (Å²) in [6, 6.07) is -0.321. The minimum atomic E-state index is -1.11. The molecular weight excluding hydrogens is 376 g/mol. The van der Waals surface area contributed by atoms with Crippen molar-refractivity contribution in [3.05, 3.63) is 22.8 Å². The van der Waals surface area contributed by atoms with Gasteiger partial charge in [0, 0.05) is 17.5 Å². The molecule has 5 N–H and O–H groups in total. The van der Waals surface area contributed by atoms with Gasteiger partial charge in [0.05, 0.1) is 6.54 Å². The van der Waals surface area contributed by atoms with Crippen molar-refractivity contribution in [3.8, 4) is 0 Å². The van der Waals surface area contributed by atoms with Crippen molar-refractivity contribution < 1.29 is 19.5 Å². The Hall–Kier alpha value is -1.49. The Kier molecular flexibility index (Phi) is 5.96. The van der Waals surface area contributed by atoms with Gasteiger partial charge in [-0.05, 0) is 36.4 Å². The first kappa shape index (κ1) is 19.3. The van der Waals surface area contributed by atoms with Gasteiger partial charge in [-0.3, -0.25) is 19.4 Å². The monoisotopic (exact) mass is 398 g/mol. The molecule has 10 heteroatoms. The molecule has 3 atom stereocenters. The fraction of sp³-hybridized carbons (Fsp3) is 0.562. The van der Waals surface area contributed by atoms with Crippen LogP contribution in [0.5, 0.6) is 0 Å². The molecule has 2 saturated heterocycles. The van der Waals surface area contributed by atoms with Crippen LogP contribution in [0.4, 0.5) is 0 Å². The normalized spacial score (nSPS) is 29.2. The fourth-order valence-electron chi connectivity index (χ4n) is 3.46. The quantitative estimate of drug-likeness (QED) is 0.501. The van der Waals surface area contributed by atoms with Gasteiger partial charge in [-0.1, -0.05) is 0 Å². The standard InChI is InChI=1S/C16H22N4O4S2/c17-11(21)6-19-4-1-2-10(19)8-25-5-3-9-7-26-15-12(18)14(22)20(15)13(9)16(23)24/h3,5,10,12,15H,1-2,4,6-8,18H2,(H2,17,21)(H,23,24)/t10-,12+,15+/m0/s1. The smallest absolute Gasteiger partial charge is 0.352 e. The van der Waals surface area contributed by atoms with Crippen molar-refractivity contribution in [2.45, 2.75) is 30.3 Å². The Balaban J connectivity index is 1.61. The fourth-order valence-corrected chi connectivity index (χ4v) is 5.69. The highest BCUT2D eigenvalue weighted by molar-refractivity contribution is 8.02. The van der Waals surface area contributed by atoms with Gasteiger partial charge in [-0.2, -0.15) is 0 Å². The van der Waals surface area contributed by atoms with E-state index in [1.54, 1.807) is 17.8 Å². The average molecular weight is 399 g/mol. The molecule has 0 spiro atoms. The van der Waals surface area contributed by atoms with Gasteiger partial charge in [0.2, 0.25) is 11.8 Å². The Labute approximate surface area is 160 Å². The second-order valence-corrected chi connectivity index (χ2v) is 8.53. The molecule has 0 radical (unpaired) electrons. The lowest BCUT2D eigenvalue weighted by molar-refractivity contribution is -0.147. The maximum Gasteiger partial charge on any atom is 0.352 e. The number of carbonyl (C=O) groups is 3. The third kappa shape index (κ3) is 3.78. The molecule has 0 saturated carbocycles. The number of rotatable bonds is 7. The number of allylic oxidation sites excluding steroid dienone is 1. The Morgan fingerprint density at radius 3 is 2.88 bits per heavy atom. The number of β-lactam (4-membered cyclic amide) rings is 1. The zero-order valence-electron chi connectivity index (χ0n) is 14.2. The lowest BCUT2D eigenvalue weighted by atomic mass is 10.0. The summed E-state index contributed by atoms with van der Waals surface area (Å²) < 4.78 is 0.